The molecule has 0 radical (unpaired) electrons. The zero-order valence-electron chi connectivity index (χ0n) is 12.3. The quantitative estimate of drug-likeness (QED) is 0.329. The first kappa shape index (κ1) is 22.9. The Morgan fingerprint density at radius 1 is 0.750 bits per heavy atom. The molecule has 0 spiro atoms. The Hall–Kier alpha value is 0.576. The predicted octanol–water partition coefficient (Wildman–Crippen LogP) is 3.43. The summed E-state index contributed by atoms with van der Waals surface area (Å²) in [4.78, 5) is 22.8. The molecule has 0 saturated carbocycles. The first-order valence-electron chi connectivity index (χ1n) is 7.48. The molecule has 20 heavy (non-hydrogen) atoms. The maximum atomic E-state index is 11.4. The molecule has 2 N–H and O–H groups in total. The Labute approximate surface area is 165 Å². The number of carboxylic acids is 2. The van der Waals surface area contributed by atoms with Crippen LogP contribution in [0.5, 0.6) is 0 Å². The number of aliphatic carboxylic acids is 2. The maximum absolute atomic E-state index is 11.4. The summed E-state index contributed by atoms with van der Waals surface area (Å²) in [5.41, 5.74) is -1.57. The van der Waals surface area contributed by atoms with E-state index in [1.54, 1.807) is 0 Å². The van der Waals surface area contributed by atoms with E-state index in [9.17, 15) is 19.8 Å². The predicted molar refractivity (Wildman–Crippen MR) is 82.4 cm³/mol. The summed E-state index contributed by atoms with van der Waals surface area (Å²) in [5, 5.41) is 18.7. The van der Waals surface area contributed by atoms with Crippen molar-refractivity contribution in [1.29, 1.82) is 0 Å². The number of hydrogen-bond donors (Lipinski definition) is 2. The van der Waals surface area contributed by atoms with E-state index in [2.05, 4.69) is 13.8 Å². The SMILES string of the molecule is CCCCCCC(CCCCCC)(C(=O)O)C(=O)O.[KH]. The van der Waals surface area contributed by atoms with Crippen LogP contribution in [0.2, 0.25) is 0 Å². The third-order valence-corrected chi connectivity index (χ3v) is 3.73. The third-order valence-electron chi connectivity index (χ3n) is 3.73. The molecule has 0 aliphatic rings. The number of unbranched alkanes of at least 4 members (excludes halogenated alkanes) is 6. The van der Waals surface area contributed by atoms with Crippen molar-refractivity contribution in [3.05, 3.63) is 0 Å². The van der Waals surface area contributed by atoms with E-state index in [-0.39, 0.29) is 64.2 Å². The van der Waals surface area contributed by atoms with E-state index in [1.807, 2.05) is 0 Å². The molecular formula is C15H29KO4. The fourth-order valence-electron chi connectivity index (χ4n) is 2.35. The van der Waals surface area contributed by atoms with E-state index in [4.69, 9.17) is 0 Å². The van der Waals surface area contributed by atoms with Gasteiger partial charge in [0.15, 0.2) is 5.41 Å². The van der Waals surface area contributed by atoms with Crippen molar-refractivity contribution >= 4 is 63.3 Å². The number of rotatable bonds is 12. The van der Waals surface area contributed by atoms with Gasteiger partial charge in [0.25, 0.3) is 0 Å². The fourth-order valence-corrected chi connectivity index (χ4v) is 2.35. The molecule has 0 saturated heterocycles. The monoisotopic (exact) mass is 312 g/mol. The molecule has 0 aromatic heterocycles. The Balaban J connectivity index is 0. The minimum absolute atomic E-state index is 0. The number of carboxylic acid groups (broad SMARTS) is 2. The molecule has 0 unspecified atom stereocenters. The van der Waals surface area contributed by atoms with Crippen LogP contribution in [0.4, 0.5) is 0 Å². The van der Waals surface area contributed by atoms with E-state index in [0.717, 1.165) is 38.5 Å². The van der Waals surface area contributed by atoms with Gasteiger partial charge in [-0.05, 0) is 12.8 Å². The van der Waals surface area contributed by atoms with Crippen molar-refractivity contribution in [3.63, 3.8) is 0 Å². The van der Waals surface area contributed by atoms with Gasteiger partial charge in [-0.15, -0.1) is 0 Å². The number of hydrogen-bond acceptors (Lipinski definition) is 2. The summed E-state index contributed by atoms with van der Waals surface area (Å²) in [6.45, 7) is 4.15. The third kappa shape index (κ3) is 8.13. The van der Waals surface area contributed by atoms with Gasteiger partial charge in [0.1, 0.15) is 0 Å². The molecule has 0 rings (SSSR count). The van der Waals surface area contributed by atoms with Gasteiger partial charge < -0.3 is 10.2 Å². The van der Waals surface area contributed by atoms with Crippen LogP contribution in [0.25, 0.3) is 0 Å². The topological polar surface area (TPSA) is 74.6 Å². The Morgan fingerprint density at radius 3 is 1.35 bits per heavy atom. The van der Waals surface area contributed by atoms with Crippen molar-refractivity contribution in [2.45, 2.75) is 78.1 Å². The Bertz CT molecular complexity index is 251. The zero-order valence-corrected chi connectivity index (χ0v) is 12.3. The van der Waals surface area contributed by atoms with Crippen LogP contribution in [-0.2, 0) is 9.59 Å². The van der Waals surface area contributed by atoms with E-state index in [0.29, 0.717) is 12.8 Å². The van der Waals surface area contributed by atoms with Crippen molar-refractivity contribution in [2.75, 3.05) is 0 Å². The molecule has 0 amide bonds. The van der Waals surface area contributed by atoms with Gasteiger partial charge in [-0.1, -0.05) is 65.2 Å². The average molecular weight is 312 g/mol. The van der Waals surface area contributed by atoms with Crippen LogP contribution in [0.15, 0.2) is 0 Å². The van der Waals surface area contributed by atoms with Crippen molar-refractivity contribution in [2.24, 2.45) is 5.41 Å². The molecule has 0 heterocycles. The minimum atomic E-state index is -1.57. The van der Waals surface area contributed by atoms with Crippen LogP contribution >= 0.6 is 0 Å². The second-order valence-corrected chi connectivity index (χ2v) is 5.31. The molecule has 0 atom stereocenters. The molecular weight excluding hydrogens is 283 g/mol. The fraction of sp³-hybridized carbons (Fsp3) is 0.867. The first-order valence-corrected chi connectivity index (χ1v) is 7.48. The standard InChI is InChI=1S/C15H28O4.K.H/c1-3-5-7-9-11-15(13(16)17,14(18)19)12-10-8-6-4-2;;/h3-12H2,1-2H3,(H,16,17)(H,18,19);;. The van der Waals surface area contributed by atoms with Gasteiger partial charge in [-0.2, -0.15) is 0 Å². The zero-order chi connectivity index (χ0) is 14.7. The van der Waals surface area contributed by atoms with Crippen LogP contribution in [0.1, 0.15) is 78.1 Å². The summed E-state index contributed by atoms with van der Waals surface area (Å²) in [5.74, 6) is -2.35. The summed E-state index contributed by atoms with van der Waals surface area (Å²) < 4.78 is 0. The van der Waals surface area contributed by atoms with Crippen LogP contribution in [0, 0.1) is 5.41 Å². The van der Waals surface area contributed by atoms with Crippen molar-refractivity contribution in [3.8, 4) is 0 Å². The first-order chi connectivity index (χ1) is 9.01. The number of carbonyl (C=O) groups is 2. The van der Waals surface area contributed by atoms with E-state index >= 15 is 0 Å². The van der Waals surface area contributed by atoms with Crippen LogP contribution < -0.4 is 0 Å². The molecule has 4 nitrogen and oxygen atoms in total. The van der Waals surface area contributed by atoms with Crippen molar-refractivity contribution in [1.82, 2.24) is 0 Å². The molecule has 0 aliphatic heterocycles. The second-order valence-electron chi connectivity index (χ2n) is 5.31. The van der Waals surface area contributed by atoms with E-state index < -0.39 is 17.4 Å². The molecule has 5 heteroatoms. The average Bonchev–Trinajstić information content (AvgIpc) is 2.36. The van der Waals surface area contributed by atoms with Gasteiger partial charge in [-0.25, -0.2) is 0 Å². The van der Waals surface area contributed by atoms with Gasteiger partial charge in [0.2, 0.25) is 0 Å². The van der Waals surface area contributed by atoms with Gasteiger partial charge in [0, 0.05) is 0 Å². The summed E-state index contributed by atoms with van der Waals surface area (Å²) >= 11 is 0. The molecule has 0 aromatic rings. The van der Waals surface area contributed by atoms with Gasteiger partial charge in [-0.3, -0.25) is 9.59 Å². The van der Waals surface area contributed by atoms with Crippen LogP contribution in [0.3, 0.4) is 0 Å². The molecule has 0 aromatic carbocycles. The Morgan fingerprint density at radius 2 is 1.10 bits per heavy atom. The van der Waals surface area contributed by atoms with E-state index in [1.165, 1.54) is 0 Å². The summed E-state index contributed by atoms with van der Waals surface area (Å²) in [6.07, 6.45) is 7.87. The summed E-state index contributed by atoms with van der Waals surface area (Å²) in [6, 6.07) is 0. The molecule has 0 bridgehead atoms. The van der Waals surface area contributed by atoms with Gasteiger partial charge >= 0.3 is 63.3 Å². The Kier molecular flexibility index (Phi) is 15.1. The molecule has 0 aliphatic carbocycles. The van der Waals surface area contributed by atoms with Gasteiger partial charge in [0.05, 0.1) is 0 Å². The molecule has 0 fully saturated rings. The van der Waals surface area contributed by atoms with Crippen LogP contribution in [-0.4, -0.2) is 73.5 Å². The second kappa shape index (κ2) is 13.3. The van der Waals surface area contributed by atoms with Crippen molar-refractivity contribution < 1.29 is 19.8 Å². The summed E-state index contributed by atoms with van der Waals surface area (Å²) in [7, 11) is 0. The normalized spacial score (nSPS) is 10.9. The molecule has 114 valence electrons.